The molecule has 30 heavy (non-hydrogen) atoms. The zero-order valence-electron chi connectivity index (χ0n) is 18.5. The van der Waals surface area contributed by atoms with E-state index in [2.05, 4.69) is 43.7 Å². The van der Waals surface area contributed by atoms with Crippen molar-refractivity contribution >= 4 is 29.2 Å². The fourth-order valence-corrected chi connectivity index (χ4v) is 5.89. The second-order valence-corrected chi connectivity index (χ2v) is 10.1. The molecule has 0 aliphatic carbocycles. The molecule has 2 aromatic rings. The average Bonchev–Trinajstić information content (AvgIpc) is 3.09. The van der Waals surface area contributed by atoms with Crippen LogP contribution in [0.4, 0.5) is 0 Å². The third-order valence-electron chi connectivity index (χ3n) is 5.69. The molecule has 3 heterocycles. The molecule has 1 amide bonds. The van der Waals surface area contributed by atoms with Gasteiger partial charge in [-0.05, 0) is 81.0 Å². The monoisotopic (exact) mass is 446 g/mol. The van der Waals surface area contributed by atoms with Crippen LogP contribution in [-0.2, 0) is 6.54 Å². The van der Waals surface area contributed by atoms with Gasteiger partial charge in [0.15, 0.2) is 0 Å². The molecule has 5 nitrogen and oxygen atoms in total. The van der Waals surface area contributed by atoms with E-state index in [4.69, 9.17) is 0 Å². The predicted octanol–water partition coefficient (Wildman–Crippen LogP) is 4.48. The summed E-state index contributed by atoms with van der Waals surface area (Å²) in [7, 11) is 0. The molecule has 2 atom stereocenters. The van der Waals surface area contributed by atoms with Gasteiger partial charge in [0.25, 0.3) is 5.91 Å². The lowest BCUT2D eigenvalue weighted by molar-refractivity contribution is 0.0949. The van der Waals surface area contributed by atoms with Gasteiger partial charge in [0.2, 0.25) is 0 Å². The van der Waals surface area contributed by atoms with Gasteiger partial charge in [-0.2, -0.15) is 11.3 Å². The van der Waals surface area contributed by atoms with Crippen LogP contribution in [0, 0.1) is 20.8 Å². The van der Waals surface area contributed by atoms with Crippen molar-refractivity contribution in [3.63, 3.8) is 0 Å². The lowest BCUT2D eigenvalue weighted by Gasteiger charge is -2.26. The highest BCUT2D eigenvalue weighted by molar-refractivity contribution is 7.97. The molecule has 1 saturated heterocycles. The fourth-order valence-electron chi connectivity index (χ4n) is 4.01. The lowest BCUT2D eigenvalue weighted by atomic mass is 10.1. The van der Waals surface area contributed by atoms with Crippen molar-refractivity contribution in [1.82, 2.24) is 19.9 Å². The number of rotatable bonds is 8. The SMILES string of the molecule is Cc1cc(C)c(C(=O)NCCC(C)N2CCC(NCc3ccsc3)CCS2)c(C)n1. The molecule has 164 valence electrons. The van der Waals surface area contributed by atoms with Crippen molar-refractivity contribution in [2.75, 3.05) is 18.8 Å². The third kappa shape index (κ3) is 6.54. The van der Waals surface area contributed by atoms with E-state index in [1.54, 1.807) is 11.3 Å². The van der Waals surface area contributed by atoms with Crippen LogP contribution in [0.15, 0.2) is 22.9 Å². The highest BCUT2D eigenvalue weighted by Gasteiger charge is 2.21. The summed E-state index contributed by atoms with van der Waals surface area (Å²) in [5.41, 5.74) is 4.86. The molecule has 2 N–H and O–H groups in total. The van der Waals surface area contributed by atoms with Crippen LogP contribution in [-0.4, -0.2) is 46.1 Å². The van der Waals surface area contributed by atoms with Crippen LogP contribution in [0.2, 0.25) is 0 Å². The number of nitrogens with one attached hydrogen (secondary N) is 2. The Morgan fingerprint density at radius 1 is 1.33 bits per heavy atom. The summed E-state index contributed by atoms with van der Waals surface area (Å²) in [5, 5.41) is 11.2. The Morgan fingerprint density at radius 2 is 2.17 bits per heavy atom. The standard InChI is InChI=1S/C23H34N4OS2/c1-16-13-17(2)26-19(4)22(16)23(28)24-9-5-18(3)27-10-6-21(8-12-30-27)25-14-20-7-11-29-15-20/h7,11,13,15,18,21,25H,5-6,8-10,12,14H2,1-4H3,(H,24,28). The molecule has 1 fully saturated rings. The molecule has 2 aromatic heterocycles. The van der Waals surface area contributed by atoms with Gasteiger partial charge in [0, 0.05) is 43.2 Å². The first-order chi connectivity index (χ1) is 14.4. The van der Waals surface area contributed by atoms with E-state index in [1.165, 1.54) is 18.4 Å². The Balaban J connectivity index is 1.41. The lowest BCUT2D eigenvalue weighted by Crippen LogP contribution is -2.35. The molecule has 0 radical (unpaired) electrons. The van der Waals surface area contributed by atoms with E-state index in [-0.39, 0.29) is 5.91 Å². The van der Waals surface area contributed by atoms with Gasteiger partial charge in [0.05, 0.1) is 11.3 Å². The van der Waals surface area contributed by atoms with Gasteiger partial charge in [-0.1, -0.05) is 11.9 Å². The van der Waals surface area contributed by atoms with Crippen LogP contribution in [0.5, 0.6) is 0 Å². The van der Waals surface area contributed by atoms with Crippen LogP contribution in [0.3, 0.4) is 0 Å². The summed E-state index contributed by atoms with van der Waals surface area (Å²) in [6, 6.07) is 5.18. The van der Waals surface area contributed by atoms with Gasteiger partial charge < -0.3 is 10.6 Å². The smallest absolute Gasteiger partial charge is 0.253 e. The summed E-state index contributed by atoms with van der Waals surface area (Å²) >= 11 is 3.71. The molecule has 2 unspecified atom stereocenters. The summed E-state index contributed by atoms with van der Waals surface area (Å²) < 4.78 is 2.50. The Labute approximate surface area is 189 Å². The molecular formula is C23H34N4OS2. The van der Waals surface area contributed by atoms with Crippen molar-refractivity contribution in [2.45, 2.75) is 65.6 Å². The number of aryl methyl sites for hydroxylation is 3. The highest BCUT2D eigenvalue weighted by atomic mass is 32.2. The Kier molecular flexibility index (Phi) is 8.74. The first-order valence-corrected chi connectivity index (χ1v) is 12.7. The molecule has 0 bridgehead atoms. The number of amides is 1. The molecule has 0 spiro atoms. The van der Waals surface area contributed by atoms with Gasteiger partial charge in [-0.3, -0.25) is 9.78 Å². The molecule has 1 aliphatic rings. The minimum atomic E-state index is -0.00841. The molecule has 7 heteroatoms. The number of aromatic nitrogens is 1. The fraction of sp³-hybridized carbons (Fsp3) is 0.565. The van der Waals surface area contributed by atoms with Crippen molar-refractivity contribution in [1.29, 1.82) is 0 Å². The number of nitrogens with zero attached hydrogens (tertiary/aromatic N) is 2. The summed E-state index contributed by atoms with van der Waals surface area (Å²) in [6.07, 6.45) is 3.32. The third-order valence-corrected chi connectivity index (χ3v) is 7.71. The molecule has 0 saturated carbocycles. The van der Waals surface area contributed by atoms with Crippen molar-refractivity contribution < 1.29 is 4.79 Å². The average molecular weight is 447 g/mol. The maximum atomic E-state index is 12.6. The highest BCUT2D eigenvalue weighted by Crippen LogP contribution is 2.24. The van der Waals surface area contributed by atoms with E-state index in [1.807, 2.05) is 38.8 Å². The Bertz CT molecular complexity index is 802. The number of carbonyl (C=O) groups is 1. The van der Waals surface area contributed by atoms with Gasteiger partial charge in [-0.15, -0.1) is 0 Å². The first-order valence-electron chi connectivity index (χ1n) is 10.8. The summed E-state index contributed by atoms with van der Waals surface area (Å²) in [4.78, 5) is 17.1. The number of pyridine rings is 1. The van der Waals surface area contributed by atoms with Crippen LogP contribution in [0.25, 0.3) is 0 Å². The van der Waals surface area contributed by atoms with Gasteiger partial charge in [-0.25, -0.2) is 4.31 Å². The maximum absolute atomic E-state index is 12.6. The zero-order valence-corrected chi connectivity index (χ0v) is 20.2. The molecule has 1 aliphatic heterocycles. The number of thiophene rings is 1. The van der Waals surface area contributed by atoms with E-state index >= 15 is 0 Å². The largest absolute Gasteiger partial charge is 0.352 e. The molecular weight excluding hydrogens is 412 g/mol. The van der Waals surface area contributed by atoms with Gasteiger partial charge >= 0.3 is 0 Å². The Hall–Kier alpha value is -1.41. The maximum Gasteiger partial charge on any atom is 0.253 e. The predicted molar refractivity (Wildman–Crippen MR) is 128 cm³/mol. The number of hydrogen-bond donors (Lipinski definition) is 2. The minimum Gasteiger partial charge on any atom is -0.352 e. The summed E-state index contributed by atoms with van der Waals surface area (Å²) in [5.74, 6) is 1.14. The molecule has 3 rings (SSSR count). The van der Waals surface area contributed by atoms with Gasteiger partial charge in [0.1, 0.15) is 0 Å². The first kappa shape index (κ1) is 23.3. The molecule has 0 aromatic carbocycles. The normalized spacial score (nSPS) is 18.7. The second-order valence-electron chi connectivity index (χ2n) is 8.20. The zero-order chi connectivity index (χ0) is 21.5. The summed E-state index contributed by atoms with van der Waals surface area (Å²) in [6.45, 7) is 10.9. The Morgan fingerprint density at radius 3 is 2.90 bits per heavy atom. The van der Waals surface area contributed by atoms with Crippen molar-refractivity contribution in [3.8, 4) is 0 Å². The van der Waals surface area contributed by atoms with Crippen molar-refractivity contribution in [2.24, 2.45) is 0 Å². The van der Waals surface area contributed by atoms with Crippen molar-refractivity contribution in [3.05, 3.63) is 51.0 Å². The quantitative estimate of drug-likeness (QED) is 0.586. The minimum absolute atomic E-state index is 0.00841. The van der Waals surface area contributed by atoms with Crippen LogP contribution in [0.1, 0.15) is 59.1 Å². The van der Waals surface area contributed by atoms with Crippen LogP contribution >= 0.6 is 23.3 Å². The van der Waals surface area contributed by atoms with E-state index in [0.717, 1.165) is 47.8 Å². The number of carbonyl (C=O) groups excluding carboxylic acids is 1. The van der Waals surface area contributed by atoms with Crippen LogP contribution < -0.4 is 10.6 Å². The van der Waals surface area contributed by atoms with E-state index < -0.39 is 0 Å². The number of hydrogen-bond acceptors (Lipinski definition) is 6. The van der Waals surface area contributed by atoms with E-state index in [0.29, 0.717) is 18.6 Å². The second kappa shape index (κ2) is 11.3. The topological polar surface area (TPSA) is 57.3 Å². The van der Waals surface area contributed by atoms with E-state index in [9.17, 15) is 4.79 Å².